The number of amides is 1. The van der Waals surface area contributed by atoms with Crippen molar-refractivity contribution >= 4 is 56.8 Å². The van der Waals surface area contributed by atoms with E-state index in [2.05, 4.69) is 37.1 Å². The molecule has 1 amide bonds. The van der Waals surface area contributed by atoms with Gasteiger partial charge < -0.3 is 15.0 Å². The third-order valence-electron chi connectivity index (χ3n) is 5.07. The van der Waals surface area contributed by atoms with Crippen molar-refractivity contribution in [2.45, 2.75) is 39.5 Å². The van der Waals surface area contributed by atoms with E-state index < -0.39 is 11.9 Å². The molecular formula is C19H21ClN6O3S. The molecule has 1 atom stereocenters. The predicted octanol–water partition coefficient (Wildman–Crippen LogP) is 3.91. The number of anilines is 2. The first kappa shape index (κ1) is 20.5. The Morgan fingerprint density at radius 3 is 2.73 bits per heavy atom. The molecule has 9 nitrogen and oxygen atoms in total. The summed E-state index contributed by atoms with van der Waals surface area (Å²) >= 11 is 7.14. The lowest BCUT2D eigenvalue weighted by Crippen LogP contribution is -2.33. The number of carboxylic acid groups (broad SMARTS) is 1. The fourth-order valence-corrected chi connectivity index (χ4v) is 5.18. The van der Waals surface area contributed by atoms with E-state index in [-0.39, 0.29) is 27.7 Å². The van der Waals surface area contributed by atoms with Crippen molar-refractivity contribution < 1.29 is 14.7 Å². The van der Waals surface area contributed by atoms with Crippen LogP contribution in [0.2, 0.25) is 5.15 Å². The number of hydrogen-bond donors (Lipinski definition) is 3. The monoisotopic (exact) mass is 448 g/mol. The van der Waals surface area contributed by atoms with E-state index >= 15 is 0 Å². The summed E-state index contributed by atoms with van der Waals surface area (Å²) in [4.78, 5) is 43.3. The quantitative estimate of drug-likeness (QED) is 0.522. The molecule has 4 heterocycles. The molecule has 3 aromatic rings. The number of hydrogen-bond acceptors (Lipinski definition) is 7. The highest BCUT2D eigenvalue weighted by atomic mass is 35.5. The summed E-state index contributed by atoms with van der Waals surface area (Å²) in [7, 11) is 0. The van der Waals surface area contributed by atoms with Gasteiger partial charge in [0.15, 0.2) is 11.0 Å². The first-order valence-corrected chi connectivity index (χ1v) is 10.9. The van der Waals surface area contributed by atoms with Crippen molar-refractivity contribution in [3.8, 4) is 0 Å². The van der Waals surface area contributed by atoms with Crippen LogP contribution in [-0.2, 0) is 6.42 Å². The van der Waals surface area contributed by atoms with Crippen LogP contribution in [0, 0.1) is 0 Å². The van der Waals surface area contributed by atoms with Gasteiger partial charge >= 0.3 is 5.97 Å². The van der Waals surface area contributed by atoms with Gasteiger partial charge in [-0.05, 0) is 18.4 Å². The number of carbonyl (C=O) groups is 2. The number of carboxylic acids is 1. The van der Waals surface area contributed by atoms with E-state index in [1.54, 1.807) is 0 Å². The zero-order valence-corrected chi connectivity index (χ0v) is 18.3. The third-order valence-corrected chi connectivity index (χ3v) is 6.47. The number of aromatic nitrogens is 4. The maximum absolute atomic E-state index is 12.6. The highest BCUT2D eigenvalue weighted by Crippen LogP contribution is 2.44. The maximum atomic E-state index is 12.6. The Morgan fingerprint density at radius 1 is 1.33 bits per heavy atom. The summed E-state index contributed by atoms with van der Waals surface area (Å²) in [6.07, 6.45) is 1.53. The second-order valence-electron chi connectivity index (χ2n) is 7.21. The molecule has 0 bridgehead atoms. The van der Waals surface area contributed by atoms with Gasteiger partial charge in [0.05, 0.1) is 11.1 Å². The topological polar surface area (TPSA) is 124 Å². The number of carbonyl (C=O) groups excluding carboxylic acids is 1. The van der Waals surface area contributed by atoms with Gasteiger partial charge in [0.25, 0.3) is 5.91 Å². The molecule has 0 aliphatic carbocycles. The van der Waals surface area contributed by atoms with Gasteiger partial charge in [0, 0.05) is 19.0 Å². The third kappa shape index (κ3) is 3.39. The summed E-state index contributed by atoms with van der Waals surface area (Å²) in [6, 6.07) is 0. The second kappa shape index (κ2) is 7.84. The molecule has 0 fully saturated rings. The number of nitrogens with zero attached hydrogens (tertiary/aromatic N) is 4. The van der Waals surface area contributed by atoms with Gasteiger partial charge in [-0.3, -0.25) is 10.1 Å². The van der Waals surface area contributed by atoms with Crippen LogP contribution in [0.4, 0.5) is 11.8 Å². The lowest BCUT2D eigenvalue weighted by molar-refractivity contribution is 0.0700. The summed E-state index contributed by atoms with van der Waals surface area (Å²) in [5.74, 6) is -0.603. The van der Waals surface area contributed by atoms with E-state index in [9.17, 15) is 14.7 Å². The maximum Gasteiger partial charge on any atom is 0.346 e. The summed E-state index contributed by atoms with van der Waals surface area (Å²) in [5.41, 5.74) is 1.44. The number of aryl methyl sites for hydroxylation is 1. The summed E-state index contributed by atoms with van der Waals surface area (Å²) in [5, 5.41) is 13.4. The number of nitrogens with one attached hydrogen (secondary N) is 2. The Kier molecular flexibility index (Phi) is 5.37. The largest absolute Gasteiger partial charge is 0.477 e. The van der Waals surface area contributed by atoms with Gasteiger partial charge in [-0.2, -0.15) is 4.98 Å². The van der Waals surface area contributed by atoms with Crippen LogP contribution >= 0.6 is 22.9 Å². The van der Waals surface area contributed by atoms with Gasteiger partial charge in [-0.1, -0.05) is 32.4 Å². The van der Waals surface area contributed by atoms with Crippen molar-refractivity contribution in [1.29, 1.82) is 0 Å². The van der Waals surface area contributed by atoms with Crippen LogP contribution in [0.25, 0.3) is 10.2 Å². The molecule has 4 rings (SSSR count). The van der Waals surface area contributed by atoms with Crippen molar-refractivity contribution in [2.75, 3.05) is 23.3 Å². The molecule has 1 aliphatic rings. The van der Waals surface area contributed by atoms with Gasteiger partial charge in [0.2, 0.25) is 5.95 Å². The number of rotatable bonds is 6. The van der Waals surface area contributed by atoms with Crippen LogP contribution < -0.4 is 10.2 Å². The number of halogens is 1. The van der Waals surface area contributed by atoms with Crippen LogP contribution in [0.5, 0.6) is 0 Å². The summed E-state index contributed by atoms with van der Waals surface area (Å²) < 4.78 is 0. The van der Waals surface area contributed by atoms with E-state index in [4.69, 9.17) is 11.6 Å². The van der Waals surface area contributed by atoms with Gasteiger partial charge in [-0.15, -0.1) is 11.3 Å². The van der Waals surface area contributed by atoms with Gasteiger partial charge in [-0.25, -0.2) is 14.8 Å². The number of imidazole rings is 1. The van der Waals surface area contributed by atoms with Crippen molar-refractivity contribution in [3.63, 3.8) is 0 Å². The molecule has 158 valence electrons. The minimum atomic E-state index is -0.974. The molecule has 3 aromatic heterocycles. The molecule has 1 unspecified atom stereocenters. The molecule has 0 spiro atoms. The minimum absolute atomic E-state index is 0.0469. The van der Waals surface area contributed by atoms with Crippen molar-refractivity contribution in [3.05, 3.63) is 27.1 Å². The Bertz CT molecular complexity index is 1160. The number of aromatic amines is 1. The summed E-state index contributed by atoms with van der Waals surface area (Å²) in [6.45, 7) is 7.42. The highest BCUT2D eigenvalue weighted by molar-refractivity contribution is 7.20. The lowest BCUT2D eigenvalue weighted by atomic mass is 9.94. The zero-order valence-electron chi connectivity index (χ0n) is 16.7. The van der Waals surface area contributed by atoms with E-state index in [0.29, 0.717) is 29.3 Å². The number of aromatic carboxylic acids is 1. The predicted molar refractivity (Wildman–Crippen MR) is 116 cm³/mol. The van der Waals surface area contributed by atoms with E-state index in [1.165, 1.54) is 0 Å². The lowest BCUT2D eigenvalue weighted by Gasteiger charge is -2.32. The number of H-pyrrole nitrogens is 1. The van der Waals surface area contributed by atoms with Crippen molar-refractivity contribution in [2.24, 2.45) is 0 Å². The van der Waals surface area contributed by atoms with E-state index in [1.807, 2.05) is 13.8 Å². The molecule has 0 saturated carbocycles. The van der Waals surface area contributed by atoms with E-state index in [0.717, 1.165) is 35.3 Å². The Hall–Kier alpha value is -2.72. The molecule has 3 N–H and O–H groups in total. The smallest absolute Gasteiger partial charge is 0.346 e. The first-order chi connectivity index (χ1) is 14.3. The Balaban J connectivity index is 1.79. The van der Waals surface area contributed by atoms with Gasteiger partial charge in [0.1, 0.15) is 15.5 Å². The molecule has 0 radical (unpaired) electrons. The normalized spacial score (nSPS) is 15.6. The van der Waals surface area contributed by atoms with Crippen LogP contribution in [-0.4, -0.2) is 50.0 Å². The molecule has 11 heteroatoms. The molecule has 0 aromatic carbocycles. The highest BCUT2D eigenvalue weighted by Gasteiger charge is 2.33. The number of thiophene rings is 1. The SMILES string of the molecule is CCCN1CC(C)c2c(C(=O)O)sc3nc(NC(=O)c4nc(Cl)c(CC)[nH]4)nc1c23. The first-order valence-electron chi connectivity index (χ1n) is 9.72. The molecular weight excluding hydrogens is 428 g/mol. The zero-order chi connectivity index (χ0) is 21.6. The Morgan fingerprint density at radius 2 is 2.10 bits per heavy atom. The minimum Gasteiger partial charge on any atom is -0.477 e. The second-order valence-corrected chi connectivity index (χ2v) is 8.57. The molecule has 1 aliphatic heterocycles. The average Bonchev–Trinajstić information content (AvgIpc) is 3.27. The fraction of sp³-hybridized carbons (Fsp3) is 0.421. The van der Waals surface area contributed by atoms with Crippen LogP contribution in [0.3, 0.4) is 0 Å². The van der Waals surface area contributed by atoms with Crippen LogP contribution in [0.15, 0.2) is 0 Å². The standard InChI is InChI=1S/C19H21ClN6O3S/c1-4-6-26-7-8(3)10-11-15(26)23-19(25-17(11)30-12(10)18(28)29)24-16(27)14-21-9(5-2)13(20)22-14/h8H,4-7H2,1-3H3,(H,21,22)(H,28,29)(H,23,24,25,27). The molecule has 30 heavy (non-hydrogen) atoms. The fourth-order valence-electron chi connectivity index (χ4n) is 3.78. The van der Waals surface area contributed by atoms with Crippen molar-refractivity contribution in [1.82, 2.24) is 19.9 Å². The van der Waals surface area contributed by atoms with Crippen LogP contribution in [0.1, 0.15) is 64.7 Å². The Labute approximate surface area is 181 Å². The molecule has 0 saturated heterocycles. The average molecular weight is 449 g/mol.